The minimum atomic E-state index is 0.555. The van der Waals surface area contributed by atoms with Gasteiger partial charge in [-0.2, -0.15) is 0 Å². The molecule has 4 nitrogen and oxygen atoms in total. The Bertz CT molecular complexity index is 542. The Morgan fingerprint density at radius 2 is 2.22 bits per heavy atom. The summed E-state index contributed by atoms with van der Waals surface area (Å²) in [4.78, 5) is 0. The highest BCUT2D eigenvalue weighted by Crippen LogP contribution is 2.34. The van der Waals surface area contributed by atoms with Crippen LogP contribution >= 0.6 is 0 Å². The fourth-order valence-corrected chi connectivity index (χ4v) is 2.27. The second-order valence-electron chi connectivity index (χ2n) is 5.12. The topological polar surface area (TPSA) is 42.7 Å². The van der Waals surface area contributed by atoms with Crippen LogP contribution in [0.2, 0.25) is 0 Å². The number of aromatic nitrogens is 3. The van der Waals surface area contributed by atoms with Crippen molar-refractivity contribution in [3.63, 3.8) is 0 Å². The number of hydrogen-bond donors (Lipinski definition) is 1. The molecule has 1 aromatic heterocycles. The molecular weight excluding hydrogens is 224 g/mol. The summed E-state index contributed by atoms with van der Waals surface area (Å²) in [7, 11) is 1.96. The molecule has 1 aliphatic carbocycles. The van der Waals surface area contributed by atoms with Crippen LogP contribution in [-0.4, -0.2) is 20.8 Å². The predicted molar refractivity (Wildman–Crippen MR) is 72.2 cm³/mol. The maximum Gasteiger partial charge on any atom is 0.163 e. The highest BCUT2D eigenvalue weighted by Gasteiger charge is 2.27. The summed E-state index contributed by atoms with van der Waals surface area (Å²) in [5.41, 5.74) is 2.26. The molecule has 0 amide bonds. The fraction of sp³-hybridized carbons (Fsp3) is 0.429. The number of nitrogens with zero attached hydrogens (tertiary/aromatic N) is 3. The average molecular weight is 242 g/mol. The van der Waals surface area contributed by atoms with E-state index in [2.05, 4.69) is 46.7 Å². The Labute approximate surface area is 107 Å². The van der Waals surface area contributed by atoms with Crippen molar-refractivity contribution in [1.82, 2.24) is 14.8 Å². The van der Waals surface area contributed by atoms with E-state index >= 15 is 0 Å². The number of nitrogens with one attached hydrogen (secondary N) is 1. The van der Waals surface area contributed by atoms with E-state index in [4.69, 9.17) is 0 Å². The van der Waals surface area contributed by atoms with Gasteiger partial charge in [-0.25, -0.2) is 0 Å². The molecule has 4 heteroatoms. The summed E-state index contributed by atoms with van der Waals surface area (Å²) in [5.74, 6) is 1.75. The second-order valence-corrected chi connectivity index (χ2v) is 5.12. The van der Waals surface area contributed by atoms with E-state index in [1.165, 1.54) is 12.8 Å². The number of aryl methyl sites for hydroxylation is 1. The van der Waals surface area contributed by atoms with Crippen LogP contribution in [-0.2, 0) is 7.05 Å². The molecule has 0 spiro atoms. The van der Waals surface area contributed by atoms with Gasteiger partial charge < -0.3 is 9.88 Å². The maximum atomic E-state index is 4.14. The quantitative estimate of drug-likeness (QED) is 0.896. The first-order chi connectivity index (χ1) is 8.74. The summed E-state index contributed by atoms with van der Waals surface area (Å²) < 4.78 is 1.93. The van der Waals surface area contributed by atoms with Gasteiger partial charge in [0.05, 0.1) is 0 Å². The summed E-state index contributed by atoms with van der Waals surface area (Å²) in [6, 6.07) is 8.93. The molecule has 1 fully saturated rings. The molecule has 1 N–H and O–H groups in total. The molecule has 18 heavy (non-hydrogen) atoms. The van der Waals surface area contributed by atoms with E-state index in [0.29, 0.717) is 6.04 Å². The molecule has 3 rings (SSSR count). The second kappa shape index (κ2) is 4.44. The smallest absolute Gasteiger partial charge is 0.163 e. The van der Waals surface area contributed by atoms with Crippen LogP contribution in [0.25, 0.3) is 11.4 Å². The van der Waals surface area contributed by atoms with E-state index in [9.17, 15) is 0 Å². The molecular formula is C14H18N4. The van der Waals surface area contributed by atoms with Crippen molar-refractivity contribution in [3.05, 3.63) is 30.6 Å². The number of anilines is 1. The van der Waals surface area contributed by atoms with Gasteiger partial charge in [0.25, 0.3) is 0 Å². The molecule has 1 aliphatic rings. The number of benzene rings is 1. The summed E-state index contributed by atoms with van der Waals surface area (Å²) in [6.07, 6.45) is 4.44. The van der Waals surface area contributed by atoms with Gasteiger partial charge in [-0.1, -0.05) is 12.1 Å². The third-order valence-electron chi connectivity index (χ3n) is 3.56. The van der Waals surface area contributed by atoms with E-state index < -0.39 is 0 Å². The molecule has 0 aliphatic heterocycles. The van der Waals surface area contributed by atoms with Gasteiger partial charge in [0, 0.05) is 24.3 Å². The lowest BCUT2D eigenvalue weighted by Gasteiger charge is -2.14. The fourth-order valence-electron chi connectivity index (χ4n) is 2.27. The minimum absolute atomic E-state index is 0.555. The molecule has 1 heterocycles. The zero-order chi connectivity index (χ0) is 12.5. The van der Waals surface area contributed by atoms with Crippen molar-refractivity contribution < 1.29 is 0 Å². The first-order valence-electron chi connectivity index (χ1n) is 6.45. The zero-order valence-corrected chi connectivity index (χ0v) is 10.8. The van der Waals surface area contributed by atoms with Crippen LogP contribution in [0.4, 0.5) is 5.69 Å². The molecule has 1 saturated carbocycles. The van der Waals surface area contributed by atoms with Crippen molar-refractivity contribution in [1.29, 1.82) is 0 Å². The normalized spacial score (nSPS) is 16.6. The first kappa shape index (κ1) is 11.3. The van der Waals surface area contributed by atoms with Crippen molar-refractivity contribution >= 4 is 5.69 Å². The van der Waals surface area contributed by atoms with Crippen LogP contribution in [0.3, 0.4) is 0 Å². The van der Waals surface area contributed by atoms with Crippen molar-refractivity contribution in [3.8, 4) is 11.4 Å². The first-order valence-corrected chi connectivity index (χ1v) is 6.45. The van der Waals surface area contributed by atoms with Crippen LogP contribution in [0.5, 0.6) is 0 Å². The van der Waals surface area contributed by atoms with Crippen molar-refractivity contribution in [2.24, 2.45) is 13.0 Å². The Kier molecular flexibility index (Phi) is 2.78. The standard InChI is InChI=1S/C14H18N4/c1-10(11-6-7-11)16-13-5-3-4-12(8-13)14-17-15-9-18(14)2/h3-5,8-11,16H,6-7H2,1-2H3. The molecule has 0 saturated heterocycles. The van der Waals surface area contributed by atoms with Gasteiger partial charge >= 0.3 is 0 Å². The third-order valence-corrected chi connectivity index (χ3v) is 3.56. The highest BCUT2D eigenvalue weighted by molar-refractivity contribution is 5.62. The predicted octanol–water partition coefficient (Wildman–Crippen LogP) is 2.69. The lowest BCUT2D eigenvalue weighted by Crippen LogP contribution is -2.17. The summed E-state index contributed by atoms with van der Waals surface area (Å²) in [6.45, 7) is 2.26. The van der Waals surface area contributed by atoms with Gasteiger partial charge in [-0.15, -0.1) is 10.2 Å². The summed E-state index contributed by atoms with van der Waals surface area (Å²) in [5, 5.41) is 11.6. The molecule has 1 unspecified atom stereocenters. The monoisotopic (exact) mass is 242 g/mol. The maximum absolute atomic E-state index is 4.14. The molecule has 0 bridgehead atoms. The van der Waals surface area contributed by atoms with Gasteiger partial charge in [0.2, 0.25) is 0 Å². The molecule has 94 valence electrons. The average Bonchev–Trinajstić information content (AvgIpc) is 3.13. The van der Waals surface area contributed by atoms with Crippen LogP contribution < -0.4 is 5.32 Å². The Hall–Kier alpha value is -1.84. The zero-order valence-electron chi connectivity index (χ0n) is 10.8. The molecule has 2 aromatic rings. The van der Waals surface area contributed by atoms with Gasteiger partial charge in [0.1, 0.15) is 6.33 Å². The Morgan fingerprint density at radius 3 is 2.89 bits per heavy atom. The number of hydrogen-bond acceptors (Lipinski definition) is 3. The summed E-state index contributed by atoms with van der Waals surface area (Å²) >= 11 is 0. The van der Waals surface area contributed by atoms with Gasteiger partial charge in [-0.05, 0) is 37.8 Å². The van der Waals surface area contributed by atoms with E-state index in [-0.39, 0.29) is 0 Å². The van der Waals surface area contributed by atoms with E-state index in [1.54, 1.807) is 6.33 Å². The highest BCUT2D eigenvalue weighted by atomic mass is 15.2. The molecule has 1 aromatic carbocycles. The molecule has 1 atom stereocenters. The van der Waals surface area contributed by atoms with Crippen LogP contribution in [0, 0.1) is 5.92 Å². The van der Waals surface area contributed by atoms with E-state index in [1.807, 2.05) is 11.6 Å². The van der Waals surface area contributed by atoms with Gasteiger partial charge in [-0.3, -0.25) is 0 Å². The number of rotatable bonds is 4. The largest absolute Gasteiger partial charge is 0.382 e. The van der Waals surface area contributed by atoms with Crippen molar-refractivity contribution in [2.75, 3.05) is 5.32 Å². The van der Waals surface area contributed by atoms with Crippen LogP contribution in [0.1, 0.15) is 19.8 Å². The Balaban J connectivity index is 1.82. The lowest BCUT2D eigenvalue weighted by molar-refractivity contribution is 0.694. The molecule has 0 radical (unpaired) electrons. The van der Waals surface area contributed by atoms with Crippen LogP contribution in [0.15, 0.2) is 30.6 Å². The SMILES string of the molecule is CC(Nc1cccc(-c2nncn2C)c1)C1CC1. The van der Waals surface area contributed by atoms with Crippen molar-refractivity contribution in [2.45, 2.75) is 25.8 Å². The lowest BCUT2D eigenvalue weighted by atomic mass is 10.1. The third kappa shape index (κ3) is 2.23. The van der Waals surface area contributed by atoms with E-state index in [0.717, 1.165) is 23.0 Å². The minimum Gasteiger partial charge on any atom is -0.382 e. The Morgan fingerprint density at radius 1 is 1.39 bits per heavy atom. The van der Waals surface area contributed by atoms with Gasteiger partial charge in [0.15, 0.2) is 5.82 Å².